The zero-order valence-electron chi connectivity index (χ0n) is 7.27. The minimum atomic E-state index is 0.480. The van der Waals surface area contributed by atoms with Crippen LogP contribution >= 0.6 is 0 Å². The maximum Gasteiger partial charge on any atom is 0.0875 e. The van der Waals surface area contributed by atoms with E-state index in [1.807, 2.05) is 0 Å². The van der Waals surface area contributed by atoms with Gasteiger partial charge in [-0.15, -0.1) is 0 Å². The number of hydrogen-bond acceptors (Lipinski definition) is 2. The first-order valence-corrected chi connectivity index (χ1v) is 5.13. The molecule has 2 bridgehead atoms. The highest BCUT2D eigenvalue weighted by Gasteiger charge is 2.67. The van der Waals surface area contributed by atoms with Crippen LogP contribution in [0.5, 0.6) is 0 Å². The second-order valence-corrected chi connectivity index (χ2v) is 4.91. The first kappa shape index (κ1) is 6.39. The Morgan fingerprint density at radius 2 is 2.00 bits per heavy atom. The molecule has 0 spiro atoms. The van der Waals surface area contributed by atoms with Crippen LogP contribution in [0.4, 0.5) is 0 Å². The summed E-state index contributed by atoms with van der Waals surface area (Å²) in [7, 11) is 0. The van der Waals surface area contributed by atoms with Gasteiger partial charge in [-0.25, -0.2) is 0 Å². The summed E-state index contributed by atoms with van der Waals surface area (Å²) in [4.78, 5) is 0. The van der Waals surface area contributed by atoms with Gasteiger partial charge < -0.3 is 9.47 Å². The van der Waals surface area contributed by atoms with Gasteiger partial charge in [0.05, 0.1) is 24.9 Å². The molecule has 2 aliphatic heterocycles. The molecule has 4 aliphatic rings. The Morgan fingerprint density at radius 1 is 1.08 bits per heavy atom. The van der Waals surface area contributed by atoms with Crippen molar-refractivity contribution in [3.63, 3.8) is 0 Å². The molecular formula is C10H14O2. The van der Waals surface area contributed by atoms with E-state index in [1.165, 1.54) is 6.42 Å². The lowest BCUT2D eigenvalue weighted by Crippen LogP contribution is -2.31. The second kappa shape index (κ2) is 1.73. The summed E-state index contributed by atoms with van der Waals surface area (Å²) >= 11 is 0. The van der Waals surface area contributed by atoms with Gasteiger partial charge >= 0.3 is 0 Å². The Kier molecular flexibility index (Phi) is 0.921. The van der Waals surface area contributed by atoms with E-state index in [9.17, 15) is 0 Å². The molecule has 0 aromatic heterocycles. The van der Waals surface area contributed by atoms with Gasteiger partial charge in [0.25, 0.3) is 0 Å². The number of fused-ring (bicyclic) bond motifs is 2. The normalized spacial score (nSPS) is 71.2. The van der Waals surface area contributed by atoms with Crippen LogP contribution in [0.2, 0.25) is 0 Å². The predicted molar refractivity (Wildman–Crippen MR) is 42.7 cm³/mol. The van der Waals surface area contributed by atoms with Gasteiger partial charge in [-0.1, -0.05) is 0 Å². The Labute approximate surface area is 72.2 Å². The van der Waals surface area contributed by atoms with Crippen molar-refractivity contribution in [3.8, 4) is 0 Å². The Balaban J connectivity index is 1.88. The predicted octanol–water partition coefficient (Wildman–Crippen LogP) is 1.05. The maximum atomic E-state index is 5.95. The van der Waals surface area contributed by atoms with E-state index in [0.717, 1.165) is 30.3 Å². The topological polar surface area (TPSA) is 18.5 Å². The van der Waals surface area contributed by atoms with E-state index in [0.29, 0.717) is 18.3 Å². The lowest BCUT2D eigenvalue weighted by atomic mass is 9.79. The first-order chi connectivity index (χ1) is 5.86. The fourth-order valence-electron chi connectivity index (χ4n) is 4.36. The van der Waals surface area contributed by atoms with E-state index < -0.39 is 0 Å². The van der Waals surface area contributed by atoms with Crippen LogP contribution in [0.3, 0.4) is 0 Å². The SMILES string of the molecule is C[C@H]1OC2C3CC4C(COC42)C31. The van der Waals surface area contributed by atoms with Crippen molar-refractivity contribution in [2.24, 2.45) is 23.7 Å². The summed E-state index contributed by atoms with van der Waals surface area (Å²) in [6.45, 7) is 3.28. The van der Waals surface area contributed by atoms with E-state index in [2.05, 4.69) is 6.92 Å². The molecule has 4 fully saturated rings. The highest BCUT2D eigenvalue weighted by molar-refractivity contribution is 5.14. The van der Waals surface area contributed by atoms with E-state index >= 15 is 0 Å². The van der Waals surface area contributed by atoms with Crippen LogP contribution in [0.15, 0.2) is 0 Å². The summed E-state index contributed by atoms with van der Waals surface area (Å²) in [6, 6.07) is 0. The lowest BCUT2D eigenvalue weighted by molar-refractivity contribution is -0.0482. The molecule has 0 N–H and O–H groups in total. The molecule has 2 heterocycles. The molecule has 2 saturated carbocycles. The van der Waals surface area contributed by atoms with Gasteiger partial charge in [-0.3, -0.25) is 0 Å². The van der Waals surface area contributed by atoms with Gasteiger partial charge in [0.2, 0.25) is 0 Å². The van der Waals surface area contributed by atoms with Crippen LogP contribution < -0.4 is 0 Å². The maximum absolute atomic E-state index is 5.95. The van der Waals surface area contributed by atoms with E-state index in [4.69, 9.17) is 9.47 Å². The van der Waals surface area contributed by atoms with Crippen molar-refractivity contribution < 1.29 is 9.47 Å². The smallest absolute Gasteiger partial charge is 0.0875 e. The van der Waals surface area contributed by atoms with Crippen molar-refractivity contribution in [2.45, 2.75) is 31.7 Å². The zero-order chi connectivity index (χ0) is 7.87. The third kappa shape index (κ3) is 0.471. The largest absolute Gasteiger partial charge is 0.375 e. The monoisotopic (exact) mass is 166 g/mol. The van der Waals surface area contributed by atoms with Crippen LogP contribution in [-0.4, -0.2) is 24.9 Å². The lowest BCUT2D eigenvalue weighted by Gasteiger charge is -2.21. The molecule has 6 unspecified atom stereocenters. The molecule has 0 aromatic rings. The number of hydrogen-bond donors (Lipinski definition) is 0. The molecule has 2 aliphatic carbocycles. The number of rotatable bonds is 0. The Hall–Kier alpha value is -0.0800. The first-order valence-electron chi connectivity index (χ1n) is 5.13. The molecule has 12 heavy (non-hydrogen) atoms. The van der Waals surface area contributed by atoms with Crippen molar-refractivity contribution in [2.75, 3.05) is 6.61 Å². The van der Waals surface area contributed by atoms with Gasteiger partial charge in [-0.05, 0) is 37.0 Å². The van der Waals surface area contributed by atoms with Crippen LogP contribution in [-0.2, 0) is 9.47 Å². The fourth-order valence-corrected chi connectivity index (χ4v) is 4.36. The quantitative estimate of drug-likeness (QED) is 0.535. The Bertz CT molecular complexity index is 234. The third-order valence-corrected chi connectivity index (χ3v) is 4.65. The average molecular weight is 166 g/mol. The molecule has 2 nitrogen and oxygen atoms in total. The van der Waals surface area contributed by atoms with Crippen molar-refractivity contribution >= 4 is 0 Å². The van der Waals surface area contributed by atoms with Crippen LogP contribution in [0.1, 0.15) is 13.3 Å². The van der Waals surface area contributed by atoms with E-state index in [1.54, 1.807) is 0 Å². The third-order valence-electron chi connectivity index (χ3n) is 4.65. The van der Waals surface area contributed by atoms with Crippen molar-refractivity contribution in [3.05, 3.63) is 0 Å². The minimum absolute atomic E-state index is 0.480. The van der Waals surface area contributed by atoms with Crippen LogP contribution in [0.25, 0.3) is 0 Å². The highest BCUT2D eigenvalue weighted by Crippen LogP contribution is 2.63. The molecule has 0 amide bonds. The summed E-state index contributed by atoms with van der Waals surface area (Å²) in [5.74, 6) is 3.44. The van der Waals surface area contributed by atoms with Gasteiger partial charge in [-0.2, -0.15) is 0 Å². The van der Waals surface area contributed by atoms with Gasteiger partial charge in [0, 0.05) is 0 Å². The summed E-state index contributed by atoms with van der Waals surface area (Å²) < 4.78 is 11.7. The minimum Gasteiger partial charge on any atom is -0.375 e. The molecule has 0 aromatic carbocycles. The molecule has 4 rings (SSSR count). The standard InChI is InChI=1S/C10H14O2/c1-4-8-6-2-5-7(8)3-11-9(5)10(6)12-4/h4-10H,2-3H2,1H3/t4-,5?,6?,7?,8?,9?,10?/m1/s1. The second-order valence-electron chi connectivity index (χ2n) is 4.91. The fraction of sp³-hybridized carbons (Fsp3) is 1.00. The van der Waals surface area contributed by atoms with Crippen LogP contribution in [0, 0.1) is 23.7 Å². The molecular weight excluding hydrogens is 152 g/mol. The molecule has 66 valence electrons. The number of ether oxygens (including phenoxy) is 2. The van der Waals surface area contributed by atoms with Gasteiger partial charge in [0.1, 0.15) is 0 Å². The molecule has 7 atom stereocenters. The highest BCUT2D eigenvalue weighted by atomic mass is 16.6. The summed E-state index contributed by atoms with van der Waals surface area (Å²) in [5, 5.41) is 0. The zero-order valence-corrected chi connectivity index (χ0v) is 7.27. The van der Waals surface area contributed by atoms with E-state index in [-0.39, 0.29) is 0 Å². The summed E-state index contributed by atoms with van der Waals surface area (Å²) in [6.07, 6.45) is 2.88. The Morgan fingerprint density at radius 3 is 2.92 bits per heavy atom. The molecule has 0 radical (unpaired) electrons. The van der Waals surface area contributed by atoms with Crippen molar-refractivity contribution in [1.82, 2.24) is 0 Å². The molecule has 2 heteroatoms. The summed E-state index contributed by atoms with van der Waals surface area (Å²) in [5.41, 5.74) is 0. The molecule has 2 saturated heterocycles. The average Bonchev–Trinajstić information content (AvgIpc) is 2.58. The van der Waals surface area contributed by atoms with Crippen molar-refractivity contribution in [1.29, 1.82) is 0 Å². The van der Waals surface area contributed by atoms with Gasteiger partial charge in [0.15, 0.2) is 0 Å².